The minimum absolute atomic E-state index is 0.253. The first kappa shape index (κ1) is 12.3. The lowest BCUT2D eigenvalue weighted by atomic mass is 10.3. The molecule has 2 rings (SSSR count). The number of anilines is 1. The summed E-state index contributed by atoms with van der Waals surface area (Å²) < 4.78 is 0. The number of carbonyl (C=O) groups is 2. The number of H-pyrrole nitrogens is 1. The van der Waals surface area contributed by atoms with E-state index in [2.05, 4.69) is 20.8 Å². The molecule has 1 atom stereocenters. The molecule has 2 heterocycles. The zero-order chi connectivity index (χ0) is 13.0. The number of aromatic nitrogens is 2. The Hall–Kier alpha value is -2.15. The maximum Gasteiger partial charge on any atom is 0.261 e. The van der Waals surface area contributed by atoms with Crippen molar-refractivity contribution in [3.63, 3.8) is 0 Å². The van der Waals surface area contributed by atoms with E-state index in [1.807, 2.05) is 5.38 Å². The Morgan fingerprint density at radius 2 is 2.28 bits per heavy atom. The molecule has 0 radical (unpaired) electrons. The topological polar surface area (TPSA) is 86.9 Å². The van der Waals surface area contributed by atoms with Crippen LogP contribution in [0.25, 0.3) is 0 Å². The van der Waals surface area contributed by atoms with Gasteiger partial charge in [0, 0.05) is 6.07 Å². The summed E-state index contributed by atoms with van der Waals surface area (Å²) >= 11 is 1.33. The number of nitrogens with one attached hydrogen (secondary N) is 3. The third-order valence-electron chi connectivity index (χ3n) is 2.24. The Balaban J connectivity index is 1.89. The van der Waals surface area contributed by atoms with Crippen molar-refractivity contribution < 1.29 is 9.59 Å². The molecule has 0 aliphatic heterocycles. The van der Waals surface area contributed by atoms with Gasteiger partial charge in [-0.1, -0.05) is 6.07 Å². The van der Waals surface area contributed by atoms with Crippen molar-refractivity contribution in [2.75, 3.05) is 5.32 Å². The van der Waals surface area contributed by atoms with Crippen LogP contribution in [0.4, 0.5) is 5.82 Å². The minimum atomic E-state index is -0.622. The Bertz CT molecular complexity index is 521. The van der Waals surface area contributed by atoms with Crippen LogP contribution in [0.2, 0.25) is 0 Å². The molecule has 3 N–H and O–H groups in total. The third kappa shape index (κ3) is 2.95. The van der Waals surface area contributed by atoms with Crippen LogP contribution in [0.3, 0.4) is 0 Å². The molecular weight excluding hydrogens is 252 g/mol. The predicted molar refractivity (Wildman–Crippen MR) is 68.5 cm³/mol. The number of aromatic amines is 1. The SMILES string of the molecule is C[C@@H](NC(=O)c1cccs1)C(=O)Nc1ccn[nH]1. The molecule has 94 valence electrons. The molecule has 18 heavy (non-hydrogen) atoms. The molecule has 6 nitrogen and oxygen atoms in total. The van der Waals surface area contributed by atoms with Crippen LogP contribution in [0.15, 0.2) is 29.8 Å². The average molecular weight is 264 g/mol. The predicted octanol–water partition coefficient (Wildman–Crippen LogP) is 1.23. The number of amides is 2. The molecule has 0 aliphatic rings. The fraction of sp³-hybridized carbons (Fsp3) is 0.182. The number of hydrogen-bond donors (Lipinski definition) is 3. The van der Waals surface area contributed by atoms with E-state index >= 15 is 0 Å². The summed E-state index contributed by atoms with van der Waals surface area (Å²) in [5.41, 5.74) is 0. The van der Waals surface area contributed by atoms with Crippen LogP contribution >= 0.6 is 11.3 Å². The first-order valence-electron chi connectivity index (χ1n) is 5.31. The summed E-state index contributed by atoms with van der Waals surface area (Å²) in [7, 11) is 0. The lowest BCUT2D eigenvalue weighted by Crippen LogP contribution is -2.41. The summed E-state index contributed by atoms with van der Waals surface area (Å²) in [6.07, 6.45) is 1.53. The summed E-state index contributed by atoms with van der Waals surface area (Å²) in [5.74, 6) is -0.0568. The van der Waals surface area contributed by atoms with Crippen LogP contribution in [-0.2, 0) is 4.79 Å². The zero-order valence-electron chi connectivity index (χ0n) is 9.64. The number of thiophene rings is 1. The third-order valence-corrected chi connectivity index (χ3v) is 3.11. The van der Waals surface area contributed by atoms with Crippen LogP contribution in [0, 0.1) is 0 Å². The Kier molecular flexibility index (Phi) is 3.73. The smallest absolute Gasteiger partial charge is 0.261 e. The van der Waals surface area contributed by atoms with Gasteiger partial charge >= 0.3 is 0 Å². The molecule has 0 bridgehead atoms. The number of carbonyl (C=O) groups excluding carboxylic acids is 2. The van der Waals surface area contributed by atoms with Gasteiger partial charge in [0.1, 0.15) is 11.9 Å². The van der Waals surface area contributed by atoms with Crippen LogP contribution in [0.1, 0.15) is 16.6 Å². The van der Waals surface area contributed by atoms with Crippen LogP contribution in [-0.4, -0.2) is 28.1 Å². The fourth-order valence-corrected chi connectivity index (χ4v) is 1.93. The van der Waals surface area contributed by atoms with Crippen molar-refractivity contribution >= 4 is 29.0 Å². The maximum atomic E-state index is 11.7. The van der Waals surface area contributed by atoms with E-state index in [1.54, 1.807) is 25.1 Å². The lowest BCUT2D eigenvalue weighted by molar-refractivity contribution is -0.117. The second-order valence-electron chi connectivity index (χ2n) is 3.63. The van der Waals surface area contributed by atoms with Crippen molar-refractivity contribution in [1.82, 2.24) is 15.5 Å². The van der Waals surface area contributed by atoms with Gasteiger partial charge in [-0.05, 0) is 18.4 Å². The number of hydrogen-bond acceptors (Lipinski definition) is 4. The normalized spacial score (nSPS) is 11.8. The van der Waals surface area contributed by atoms with Gasteiger partial charge in [-0.3, -0.25) is 14.7 Å². The molecule has 7 heteroatoms. The first-order valence-corrected chi connectivity index (χ1v) is 6.19. The van der Waals surface area contributed by atoms with Crippen LogP contribution < -0.4 is 10.6 Å². The van der Waals surface area contributed by atoms with Crippen molar-refractivity contribution in [3.8, 4) is 0 Å². The van der Waals surface area contributed by atoms with Gasteiger partial charge in [-0.25, -0.2) is 0 Å². The van der Waals surface area contributed by atoms with Gasteiger partial charge in [0.25, 0.3) is 5.91 Å². The highest BCUT2D eigenvalue weighted by atomic mass is 32.1. The highest BCUT2D eigenvalue weighted by molar-refractivity contribution is 7.12. The molecule has 2 aromatic rings. The summed E-state index contributed by atoms with van der Waals surface area (Å²) in [5, 5.41) is 13.4. The highest BCUT2D eigenvalue weighted by Crippen LogP contribution is 2.08. The number of rotatable bonds is 4. The Morgan fingerprint density at radius 1 is 1.44 bits per heavy atom. The van der Waals surface area contributed by atoms with Crippen molar-refractivity contribution in [3.05, 3.63) is 34.7 Å². The molecule has 2 aromatic heterocycles. The molecule has 0 fully saturated rings. The molecule has 2 amide bonds. The van der Waals surface area contributed by atoms with E-state index < -0.39 is 6.04 Å². The molecule has 0 saturated heterocycles. The summed E-state index contributed by atoms with van der Waals surface area (Å²) in [4.78, 5) is 24.0. The molecular formula is C11H12N4O2S. The standard InChI is InChI=1S/C11H12N4O2S/c1-7(10(16)14-9-4-5-12-15-9)13-11(17)8-3-2-6-18-8/h2-7H,1H3,(H,13,17)(H2,12,14,15,16)/t7-/m1/s1. The average Bonchev–Trinajstić information content (AvgIpc) is 3.01. The van der Waals surface area contributed by atoms with E-state index in [4.69, 9.17) is 0 Å². The van der Waals surface area contributed by atoms with Crippen molar-refractivity contribution in [2.24, 2.45) is 0 Å². The Labute approximate surface area is 107 Å². The molecule has 0 unspecified atom stereocenters. The Morgan fingerprint density at radius 3 is 2.89 bits per heavy atom. The summed E-state index contributed by atoms with van der Waals surface area (Å²) in [6, 6.07) is 4.50. The van der Waals surface area contributed by atoms with Gasteiger partial charge in [-0.2, -0.15) is 5.10 Å². The van der Waals surface area contributed by atoms with E-state index in [1.165, 1.54) is 17.5 Å². The maximum absolute atomic E-state index is 11.7. The van der Waals surface area contributed by atoms with Crippen molar-refractivity contribution in [1.29, 1.82) is 0 Å². The number of nitrogens with zero attached hydrogens (tertiary/aromatic N) is 1. The zero-order valence-corrected chi connectivity index (χ0v) is 10.5. The van der Waals surface area contributed by atoms with Gasteiger partial charge < -0.3 is 10.6 Å². The second-order valence-corrected chi connectivity index (χ2v) is 4.58. The second kappa shape index (κ2) is 5.46. The summed E-state index contributed by atoms with van der Waals surface area (Å²) in [6.45, 7) is 1.62. The highest BCUT2D eigenvalue weighted by Gasteiger charge is 2.17. The van der Waals surface area contributed by atoms with Gasteiger partial charge in [0.05, 0.1) is 11.1 Å². The van der Waals surface area contributed by atoms with E-state index in [-0.39, 0.29) is 11.8 Å². The fourth-order valence-electron chi connectivity index (χ4n) is 1.31. The van der Waals surface area contributed by atoms with Gasteiger partial charge in [0.15, 0.2) is 0 Å². The molecule has 0 aliphatic carbocycles. The van der Waals surface area contributed by atoms with E-state index in [0.717, 1.165) is 0 Å². The van der Waals surface area contributed by atoms with E-state index in [0.29, 0.717) is 10.7 Å². The minimum Gasteiger partial charge on any atom is -0.340 e. The quantitative estimate of drug-likeness (QED) is 0.776. The largest absolute Gasteiger partial charge is 0.340 e. The lowest BCUT2D eigenvalue weighted by Gasteiger charge is -2.12. The molecule has 0 spiro atoms. The molecule has 0 saturated carbocycles. The van der Waals surface area contributed by atoms with Crippen LogP contribution in [0.5, 0.6) is 0 Å². The van der Waals surface area contributed by atoms with Gasteiger partial charge in [0.2, 0.25) is 5.91 Å². The monoisotopic (exact) mass is 264 g/mol. The first-order chi connectivity index (χ1) is 8.66. The molecule has 0 aromatic carbocycles. The van der Waals surface area contributed by atoms with Gasteiger partial charge in [-0.15, -0.1) is 11.3 Å². The van der Waals surface area contributed by atoms with E-state index in [9.17, 15) is 9.59 Å². The van der Waals surface area contributed by atoms with Crippen molar-refractivity contribution in [2.45, 2.75) is 13.0 Å².